The van der Waals surface area contributed by atoms with E-state index in [-0.39, 0.29) is 11.9 Å². The summed E-state index contributed by atoms with van der Waals surface area (Å²) in [6, 6.07) is 0.180. The van der Waals surface area contributed by atoms with Crippen LogP contribution >= 0.6 is 0 Å². The number of likely N-dealkylation sites (tertiary alicyclic amines) is 1. The van der Waals surface area contributed by atoms with Crippen LogP contribution in [0.15, 0.2) is 0 Å². The van der Waals surface area contributed by atoms with Crippen LogP contribution in [0.25, 0.3) is 0 Å². The Morgan fingerprint density at radius 2 is 1.77 bits per heavy atom. The first-order valence-corrected chi connectivity index (χ1v) is 9.24. The molecule has 1 heterocycles. The predicted molar refractivity (Wildman–Crippen MR) is 106 cm³/mol. The lowest BCUT2D eigenvalue weighted by Crippen LogP contribution is -2.48. The summed E-state index contributed by atoms with van der Waals surface area (Å²) in [5, 5.41) is 3.11. The van der Waals surface area contributed by atoms with Gasteiger partial charge in [0.15, 0.2) is 6.10 Å². The summed E-state index contributed by atoms with van der Waals surface area (Å²) in [7, 11) is 0. The Morgan fingerprint density at radius 3 is 2.27 bits per heavy atom. The average molecular weight is 357 g/mol. The Labute approximate surface area is 157 Å². The molecular weight excluding hydrogens is 326 g/mol. The highest BCUT2D eigenvalue weighted by Gasteiger charge is 2.24. The van der Waals surface area contributed by atoms with Gasteiger partial charge in [-0.25, -0.2) is 0 Å². The lowest BCUT2D eigenvalue weighted by Gasteiger charge is -2.31. The van der Waals surface area contributed by atoms with Crippen LogP contribution in [0.1, 0.15) is 42.0 Å². The van der Waals surface area contributed by atoms with Crippen molar-refractivity contribution < 1.29 is 9.53 Å². The Balaban J connectivity index is 1.99. The van der Waals surface area contributed by atoms with E-state index in [4.69, 9.17) is 16.9 Å². The number of amides is 1. The molecule has 0 radical (unpaired) electrons. The SMILES string of the molecule is C#CCN1CCC(NC(=O)C(C)Oc2c(C)c(C)c(N)c(C)c2C)CC1. The van der Waals surface area contributed by atoms with Crippen LogP contribution in [0.2, 0.25) is 0 Å². The maximum atomic E-state index is 12.6. The molecule has 2 rings (SSSR count). The quantitative estimate of drug-likeness (QED) is 0.628. The standard InChI is InChI=1S/C21H31N3O2/c1-7-10-24-11-8-18(9-12-24)23-21(25)17(6)26-20-15(4)13(2)19(22)14(3)16(20)5/h1,17-18H,8-12,22H2,2-6H3,(H,23,25). The minimum absolute atomic E-state index is 0.0775. The van der Waals surface area contributed by atoms with Gasteiger partial charge in [0, 0.05) is 24.8 Å². The summed E-state index contributed by atoms with van der Waals surface area (Å²) in [6.45, 7) is 12.2. The van der Waals surface area contributed by atoms with Crippen molar-refractivity contribution in [3.05, 3.63) is 22.3 Å². The molecule has 142 valence electrons. The van der Waals surface area contributed by atoms with Gasteiger partial charge in [0.1, 0.15) is 5.75 Å². The molecule has 1 amide bonds. The smallest absolute Gasteiger partial charge is 0.260 e. The van der Waals surface area contributed by atoms with E-state index in [1.165, 1.54) is 0 Å². The predicted octanol–water partition coefficient (Wildman–Crippen LogP) is 2.48. The van der Waals surface area contributed by atoms with Crippen molar-refractivity contribution in [2.75, 3.05) is 25.4 Å². The number of anilines is 1. The van der Waals surface area contributed by atoms with Gasteiger partial charge >= 0.3 is 0 Å². The molecule has 5 nitrogen and oxygen atoms in total. The van der Waals surface area contributed by atoms with Crippen LogP contribution in [-0.4, -0.2) is 42.6 Å². The minimum Gasteiger partial charge on any atom is -0.480 e. The van der Waals surface area contributed by atoms with Crippen LogP contribution in [0.4, 0.5) is 5.69 Å². The monoisotopic (exact) mass is 357 g/mol. The highest BCUT2D eigenvalue weighted by atomic mass is 16.5. The normalized spacial score (nSPS) is 16.8. The van der Waals surface area contributed by atoms with Crippen LogP contribution in [0.5, 0.6) is 5.75 Å². The molecule has 1 unspecified atom stereocenters. The molecule has 0 bridgehead atoms. The Bertz CT molecular complexity index is 684. The van der Waals surface area contributed by atoms with Crippen molar-refractivity contribution in [1.29, 1.82) is 0 Å². The first-order valence-electron chi connectivity index (χ1n) is 9.24. The molecule has 1 aromatic rings. The van der Waals surface area contributed by atoms with Gasteiger partial charge < -0.3 is 15.8 Å². The van der Waals surface area contributed by atoms with E-state index in [2.05, 4.69) is 16.1 Å². The number of piperidine rings is 1. The molecule has 26 heavy (non-hydrogen) atoms. The molecule has 1 aliphatic rings. The zero-order valence-corrected chi connectivity index (χ0v) is 16.6. The molecule has 0 spiro atoms. The number of hydrogen-bond donors (Lipinski definition) is 2. The van der Waals surface area contributed by atoms with E-state index in [0.717, 1.165) is 59.6 Å². The van der Waals surface area contributed by atoms with Crippen LogP contribution in [0, 0.1) is 40.0 Å². The van der Waals surface area contributed by atoms with Crippen molar-refractivity contribution in [3.8, 4) is 18.1 Å². The third-order valence-electron chi connectivity index (χ3n) is 5.53. The molecule has 1 aliphatic heterocycles. The Kier molecular flexibility index (Phi) is 6.55. The first-order chi connectivity index (χ1) is 12.3. The number of carbonyl (C=O) groups is 1. The van der Waals surface area contributed by atoms with Crippen LogP contribution in [-0.2, 0) is 4.79 Å². The molecule has 1 fully saturated rings. The Hall–Kier alpha value is -2.19. The summed E-state index contributed by atoms with van der Waals surface area (Å²) in [5.74, 6) is 3.36. The molecule has 0 saturated carbocycles. The molecular formula is C21H31N3O2. The number of ether oxygens (including phenoxy) is 1. The van der Waals surface area contributed by atoms with E-state index < -0.39 is 6.10 Å². The second-order valence-corrected chi connectivity index (χ2v) is 7.27. The van der Waals surface area contributed by atoms with E-state index in [9.17, 15) is 4.79 Å². The fraction of sp³-hybridized carbons (Fsp3) is 0.571. The molecule has 0 aliphatic carbocycles. The van der Waals surface area contributed by atoms with Gasteiger partial charge in [-0.2, -0.15) is 0 Å². The number of rotatable bonds is 5. The lowest BCUT2D eigenvalue weighted by atomic mass is 9.97. The third kappa shape index (κ3) is 4.31. The fourth-order valence-electron chi connectivity index (χ4n) is 3.40. The number of hydrogen-bond acceptors (Lipinski definition) is 4. The highest BCUT2D eigenvalue weighted by molar-refractivity contribution is 5.81. The number of nitrogen functional groups attached to an aromatic ring is 1. The second-order valence-electron chi connectivity index (χ2n) is 7.27. The van der Waals surface area contributed by atoms with Crippen molar-refractivity contribution in [2.24, 2.45) is 0 Å². The number of carbonyl (C=O) groups excluding carboxylic acids is 1. The summed E-state index contributed by atoms with van der Waals surface area (Å²) >= 11 is 0. The molecule has 5 heteroatoms. The van der Waals surface area contributed by atoms with Crippen molar-refractivity contribution in [2.45, 2.75) is 59.6 Å². The number of nitrogens with one attached hydrogen (secondary N) is 1. The number of nitrogens with zero attached hydrogens (tertiary/aromatic N) is 1. The first kappa shape index (κ1) is 20.1. The van der Waals surface area contributed by atoms with E-state index >= 15 is 0 Å². The van der Waals surface area contributed by atoms with Gasteiger partial charge in [0.25, 0.3) is 5.91 Å². The molecule has 3 N–H and O–H groups in total. The zero-order valence-electron chi connectivity index (χ0n) is 16.6. The zero-order chi connectivity index (χ0) is 19.4. The summed E-state index contributed by atoms with van der Waals surface area (Å²) < 4.78 is 6.05. The number of benzene rings is 1. The van der Waals surface area contributed by atoms with Gasteiger partial charge in [-0.3, -0.25) is 9.69 Å². The van der Waals surface area contributed by atoms with E-state index in [0.29, 0.717) is 6.54 Å². The average Bonchev–Trinajstić information content (AvgIpc) is 2.63. The summed E-state index contributed by atoms with van der Waals surface area (Å²) in [4.78, 5) is 14.8. The van der Waals surface area contributed by atoms with Gasteiger partial charge in [0.05, 0.1) is 6.54 Å². The topological polar surface area (TPSA) is 67.6 Å². The van der Waals surface area contributed by atoms with Gasteiger partial charge in [-0.05, 0) is 69.7 Å². The molecule has 0 aromatic heterocycles. The van der Waals surface area contributed by atoms with E-state index in [1.807, 2.05) is 27.7 Å². The second kappa shape index (κ2) is 8.46. The maximum absolute atomic E-state index is 12.6. The van der Waals surface area contributed by atoms with Crippen molar-refractivity contribution in [1.82, 2.24) is 10.2 Å². The van der Waals surface area contributed by atoms with Crippen LogP contribution < -0.4 is 15.8 Å². The highest BCUT2D eigenvalue weighted by Crippen LogP contribution is 2.34. The summed E-state index contributed by atoms with van der Waals surface area (Å²) in [5.41, 5.74) is 11.0. The maximum Gasteiger partial charge on any atom is 0.260 e. The third-order valence-corrected chi connectivity index (χ3v) is 5.53. The number of terminal acetylenes is 1. The fourth-order valence-corrected chi connectivity index (χ4v) is 3.40. The van der Waals surface area contributed by atoms with E-state index in [1.54, 1.807) is 6.92 Å². The minimum atomic E-state index is -0.557. The molecule has 1 atom stereocenters. The number of nitrogens with two attached hydrogens (primary N) is 1. The molecule has 1 saturated heterocycles. The largest absolute Gasteiger partial charge is 0.480 e. The van der Waals surface area contributed by atoms with Crippen molar-refractivity contribution in [3.63, 3.8) is 0 Å². The summed E-state index contributed by atoms with van der Waals surface area (Å²) in [6.07, 6.45) is 6.63. The van der Waals surface area contributed by atoms with Crippen molar-refractivity contribution >= 4 is 11.6 Å². The van der Waals surface area contributed by atoms with Gasteiger partial charge in [0.2, 0.25) is 0 Å². The molecule has 1 aromatic carbocycles. The Morgan fingerprint density at radius 1 is 1.23 bits per heavy atom. The van der Waals surface area contributed by atoms with Gasteiger partial charge in [-0.15, -0.1) is 6.42 Å². The van der Waals surface area contributed by atoms with Gasteiger partial charge in [-0.1, -0.05) is 5.92 Å². The van der Waals surface area contributed by atoms with Crippen LogP contribution in [0.3, 0.4) is 0 Å². The lowest BCUT2D eigenvalue weighted by molar-refractivity contribution is -0.128.